The third-order valence-electron chi connectivity index (χ3n) is 1.70. The molecule has 8 heteroatoms. The molecule has 0 fully saturated rings. The molecule has 0 bridgehead atoms. The molecule has 0 saturated heterocycles. The SMILES string of the molecule is CC(C)(C)OC(=O)NCCCNc1nnc(Br)s1. The van der Waals surface area contributed by atoms with Crippen LogP contribution in [0.3, 0.4) is 0 Å². The van der Waals surface area contributed by atoms with Crippen LogP contribution in [-0.4, -0.2) is 35.0 Å². The molecule has 1 aromatic rings. The summed E-state index contributed by atoms with van der Waals surface area (Å²) in [6, 6.07) is 0. The average Bonchev–Trinajstić information content (AvgIpc) is 2.61. The standard InChI is InChI=1S/C10H17BrN4O2S/c1-10(2,3)17-9(16)13-6-4-5-12-8-15-14-7(11)18-8/h4-6H2,1-3H3,(H,12,15)(H,13,16). The van der Waals surface area contributed by atoms with E-state index >= 15 is 0 Å². The zero-order valence-electron chi connectivity index (χ0n) is 10.6. The number of hydrogen-bond acceptors (Lipinski definition) is 6. The summed E-state index contributed by atoms with van der Waals surface area (Å²) >= 11 is 4.66. The van der Waals surface area contributed by atoms with E-state index in [1.165, 1.54) is 11.3 Å². The molecule has 0 aliphatic heterocycles. The summed E-state index contributed by atoms with van der Waals surface area (Å²) in [6.45, 7) is 6.78. The van der Waals surface area contributed by atoms with E-state index in [0.29, 0.717) is 6.54 Å². The van der Waals surface area contributed by atoms with Crippen LogP contribution in [0, 0.1) is 0 Å². The van der Waals surface area contributed by atoms with Crippen LogP contribution in [-0.2, 0) is 4.74 Å². The molecule has 0 saturated carbocycles. The second-order valence-corrected chi connectivity index (χ2v) is 6.82. The predicted octanol–water partition coefficient (Wildman–Crippen LogP) is 2.63. The first kappa shape index (κ1) is 15.2. The Morgan fingerprint density at radius 2 is 2.11 bits per heavy atom. The third-order valence-corrected chi connectivity index (χ3v) is 3.01. The lowest BCUT2D eigenvalue weighted by Crippen LogP contribution is -2.33. The van der Waals surface area contributed by atoms with E-state index in [0.717, 1.165) is 22.0 Å². The molecule has 0 spiro atoms. The van der Waals surface area contributed by atoms with Gasteiger partial charge < -0.3 is 15.4 Å². The quantitative estimate of drug-likeness (QED) is 0.808. The van der Waals surface area contributed by atoms with Crippen LogP contribution < -0.4 is 10.6 Å². The topological polar surface area (TPSA) is 76.1 Å². The van der Waals surface area contributed by atoms with Gasteiger partial charge in [-0.1, -0.05) is 11.3 Å². The Kier molecular flexibility index (Phi) is 5.80. The van der Waals surface area contributed by atoms with Crippen molar-refractivity contribution in [3.63, 3.8) is 0 Å². The molecule has 102 valence electrons. The Labute approximate surface area is 119 Å². The van der Waals surface area contributed by atoms with Crippen molar-refractivity contribution in [2.75, 3.05) is 18.4 Å². The van der Waals surface area contributed by atoms with Crippen molar-refractivity contribution >= 4 is 38.5 Å². The summed E-state index contributed by atoms with van der Waals surface area (Å²) in [5.74, 6) is 0. The van der Waals surface area contributed by atoms with Crippen LogP contribution in [0.5, 0.6) is 0 Å². The van der Waals surface area contributed by atoms with E-state index in [2.05, 4.69) is 36.8 Å². The first-order chi connectivity index (χ1) is 8.37. The number of nitrogens with one attached hydrogen (secondary N) is 2. The van der Waals surface area contributed by atoms with Gasteiger partial charge in [0, 0.05) is 13.1 Å². The molecule has 6 nitrogen and oxygen atoms in total. The number of halogens is 1. The Hall–Kier alpha value is -0.890. The van der Waals surface area contributed by atoms with Crippen molar-refractivity contribution in [3.05, 3.63) is 3.92 Å². The van der Waals surface area contributed by atoms with Crippen LogP contribution in [0.2, 0.25) is 0 Å². The molecular formula is C10H17BrN4O2S. The molecule has 0 unspecified atom stereocenters. The highest BCUT2D eigenvalue weighted by atomic mass is 79.9. The van der Waals surface area contributed by atoms with E-state index < -0.39 is 5.60 Å². The molecule has 0 radical (unpaired) electrons. The van der Waals surface area contributed by atoms with Crippen LogP contribution in [0.1, 0.15) is 27.2 Å². The summed E-state index contributed by atoms with van der Waals surface area (Å²) in [7, 11) is 0. The number of amides is 1. The van der Waals surface area contributed by atoms with Crippen LogP contribution in [0.25, 0.3) is 0 Å². The molecular weight excluding hydrogens is 320 g/mol. The van der Waals surface area contributed by atoms with Crippen molar-refractivity contribution in [1.29, 1.82) is 0 Å². The van der Waals surface area contributed by atoms with Gasteiger partial charge in [-0.15, -0.1) is 10.2 Å². The van der Waals surface area contributed by atoms with E-state index in [-0.39, 0.29) is 6.09 Å². The van der Waals surface area contributed by atoms with E-state index in [4.69, 9.17) is 4.74 Å². The lowest BCUT2D eigenvalue weighted by molar-refractivity contribution is 0.0528. The van der Waals surface area contributed by atoms with Crippen LogP contribution in [0.15, 0.2) is 3.92 Å². The Morgan fingerprint density at radius 1 is 1.39 bits per heavy atom. The minimum Gasteiger partial charge on any atom is -0.444 e. The normalized spacial score (nSPS) is 11.1. The maximum atomic E-state index is 11.3. The van der Waals surface area contributed by atoms with Gasteiger partial charge in [-0.25, -0.2) is 4.79 Å². The zero-order valence-corrected chi connectivity index (χ0v) is 13.0. The summed E-state index contributed by atoms with van der Waals surface area (Å²) < 4.78 is 5.86. The lowest BCUT2D eigenvalue weighted by atomic mass is 10.2. The summed E-state index contributed by atoms with van der Waals surface area (Å²) in [5, 5.41) is 14.3. The van der Waals surface area contributed by atoms with Gasteiger partial charge in [-0.3, -0.25) is 0 Å². The maximum Gasteiger partial charge on any atom is 0.407 e. The van der Waals surface area contributed by atoms with Gasteiger partial charge >= 0.3 is 6.09 Å². The molecule has 1 amide bonds. The number of aromatic nitrogens is 2. The van der Waals surface area contributed by atoms with E-state index in [9.17, 15) is 4.79 Å². The van der Waals surface area contributed by atoms with Crippen LogP contribution in [0.4, 0.5) is 9.93 Å². The number of rotatable bonds is 5. The van der Waals surface area contributed by atoms with Crippen molar-refractivity contribution < 1.29 is 9.53 Å². The minimum atomic E-state index is -0.457. The van der Waals surface area contributed by atoms with Crippen molar-refractivity contribution in [2.45, 2.75) is 32.8 Å². The highest BCUT2D eigenvalue weighted by molar-refractivity contribution is 9.11. The molecule has 0 aliphatic rings. The Bertz CT molecular complexity index is 391. The molecule has 1 aromatic heterocycles. The van der Waals surface area contributed by atoms with Gasteiger partial charge in [0.1, 0.15) is 5.60 Å². The Balaban J connectivity index is 2.07. The monoisotopic (exact) mass is 336 g/mol. The third kappa shape index (κ3) is 6.75. The molecule has 0 aliphatic carbocycles. The number of ether oxygens (including phenoxy) is 1. The van der Waals surface area contributed by atoms with Gasteiger partial charge in [0.05, 0.1) is 0 Å². The fraction of sp³-hybridized carbons (Fsp3) is 0.700. The maximum absolute atomic E-state index is 11.3. The number of carbonyl (C=O) groups is 1. The van der Waals surface area contributed by atoms with Gasteiger partial charge in [0.2, 0.25) is 5.13 Å². The predicted molar refractivity (Wildman–Crippen MR) is 75.0 cm³/mol. The fourth-order valence-electron chi connectivity index (χ4n) is 1.07. The summed E-state index contributed by atoms with van der Waals surface area (Å²) in [5.41, 5.74) is -0.457. The number of hydrogen-bond donors (Lipinski definition) is 2. The first-order valence-electron chi connectivity index (χ1n) is 5.56. The second kappa shape index (κ2) is 6.89. The second-order valence-electron chi connectivity index (χ2n) is 4.57. The van der Waals surface area contributed by atoms with E-state index in [1.807, 2.05) is 20.8 Å². The molecule has 0 aromatic carbocycles. The lowest BCUT2D eigenvalue weighted by Gasteiger charge is -2.19. The van der Waals surface area contributed by atoms with Gasteiger partial charge in [-0.05, 0) is 43.1 Å². The number of anilines is 1. The number of carbonyl (C=O) groups excluding carboxylic acids is 1. The van der Waals surface area contributed by atoms with Crippen LogP contribution >= 0.6 is 27.3 Å². The minimum absolute atomic E-state index is 0.388. The smallest absolute Gasteiger partial charge is 0.407 e. The molecule has 18 heavy (non-hydrogen) atoms. The van der Waals surface area contributed by atoms with E-state index in [1.54, 1.807) is 0 Å². The number of alkyl carbamates (subject to hydrolysis) is 1. The zero-order chi connectivity index (χ0) is 13.6. The molecule has 0 atom stereocenters. The van der Waals surface area contributed by atoms with Crippen molar-refractivity contribution in [3.8, 4) is 0 Å². The molecule has 1 rings (SSSR count). The van der Waals surface area contributed by atoms with Crippen molar-refractivity contribution in [2.24, 2.45) is 0 Å². The molecule has 2 N–H and O–H groups in total. The largest absolute Gasteiger partial charge is 0.444 e. The average molecular weight is 337 g/mol. The summed E-state index contributed by atoms with van der Waals surface area (Å²) in [4.78, 5) is 11.3. The Morgan fingerprint density at radius 3 is 2.67 bits per heavy atom. The highest BCUT2D eigenvalue weighted by Crippen LogP contribution is 2.19. The first-order valence-corrected chi connectivity index (χ1v) is 7.17. The van der Waals surface area contributed by atoms with Gasteiger partial charge in [0.15, 0.2) is 3.92 Å². The fourth-order valence-corrected chi connectivity index (χ4v) is 2.10. The number of nitrogens with zero attached hydrogens (tertiary/aromatic N) is 2. The summed E-state index contributed by atoms with van der Waals surface area (Å²) in [6.07, 6.45) is 0.400. The van der Waals surface area contributed by atoms with Gasteiger partial charge in [-0.2, -0.15) is 0 Å². The van der Waals surface area contributed by atoms with Gasteiger partial charge in [0.25, 0.3) is 0 Å². The van der Waals surface area contributed by atoms with Crippen molar-refractivity contribution in [1.82, 2.24) is 15.5 Å². The molecule has 1 heterocycles. The highest BCUT2D eigenvalue weighted by Gasteiger charge is 2.15.